The number of aromatic amines is 1. The normalized spacial score (nSPS) is 11.8. The van der Waals surface area contributed by atoms with E-state index in [-0.39, 0.29) is 23.8 Å². The van der Waals surface area contributed by atoms with Gasteiger partial charge in [-0.2, -0.15) is 0 Å². The van der Waals surface area contributed by atoms with Crippen molar-refractivity contribution >= 4 is 15.7 Å². The summed E-state index contributed by atoms with van der Waals surface area (Å²) in [6.45, 7) is 4.07. The van der Waals surface area contributed by atoms with E-state index in [4.69, 9.17) is 0 Å². The second kappa shape index (κ2) is 5.31. The zero-order valence-corrected chi connectivity index (χ0v) is 11.0. The van der Waals surface area contributed by atoms with E-state index >= 15 is 0 Å². The summed E-state index contributed by atoms with van der Waals surface area (Å²) < 4.78 is 21.9. The van der Waals surface area contributed by atoms with Gasteiger partial charge in [-0.1, -0.05) is 13.8 Å². The number of nitrogens with zero attached hydrogens (tertiary/aromatic N) is 1. The molecule has 6 nitrogen and oxygen atoms in total. The Hall–Kier alpha value is -1.37. The highest BCUT2D eigenvalue weighted by Crippen LogP contribution is 2.08. The molecular formula is C10H17N3O3S. The summed E-state index contributed by atoms with van der Waals surface area (Å²) >= 11 is 0. The van der Waals surface area contributed by atoms with Gasteiger partial charge >= 0.3 is 0 Å². The fraction of sp³-hybridized carbons (Fsp3) is 0.600. The molecule has 0 radical (unpaired) electrons. The van der Waals surface area contributed by atoms with Crippen LogP contribution in [-0.4, -0.2) is 36.9 Å². The molecule has 0 aliphatic heterocycles. The number of nitrogens with one attached hydrogen (secondary N) is 2. The van der Waals surface area contributed by atoms with Crippen molar-refractivity contribution in [3.05, 3.63) is 22.2 Å². The lowest BCUT2D eigenvalue weighted by atomic mass is 10.2. The van der Waals surface area contributed by atoms with Crippen LogP contribution in [0, 0.1) is 0 Å². The first-order chi connectivity index (χ1) is 7.78. The van der Waals surface area contributed by atoms with Crippen LogP contribution in [0.5, 0.6) is 0 Å². The number of anilines is 1. The molecule has 0 spiro atoms. The lowest BCUT2D eigenvalue weighted by Crippen LogP contribution is -2.18. The van der Waals surface area contributed by atoms with Crippen LogP contribution >= 0.6 is 0 Å². The van der Waals surface area contributed by atoms with Crippen LogP contribution in [-0.2, 0) is 9.84 Å². The smallest absolute Gasteiger partial charge is 0.252 e. The van der Waals surface area contributed by atoms with Crippen LogP contribution in [0.4, 0.5) is 5.82 Å². The monoisotopic (exact) mass is 259 g/mol. The van der Waals surface area contributed by atoms with Crippen molar-refractivity contribution in [1.82, 2.24) is 9.97 Å². The highest BCUT2D eigenvalue weighted by Gasteiger charge is 2.06. The number of hydrogen-bond acceptors (Lipinski definition) is 5. The molecule has 0 aliphatic rings. The quantitative estimate of drug-likeness (QED) is 0.796. The van der Waals surface area contributed by atoms with E-state index in [2.05, 4.69) is 15.3 Å². The summed E-state index contributed by atoms with van der Waals surface area (Å²) in [4.78, 5) is 18.1. The molecule has 0 atom stereocenters. The van der Waals surface area contributed by atoms with Crippen molar-refractivity contribution in [2.75, 3.05) is 23.9 Å². The van der Waals surface area contributed by atoms with E-state index in [1.807, 2.05) is 13.8 Å². The Balaban J connectivity index is 2.75. The van der Waals surface area contributed by atoms with Gasteiger partial charge < -0.3 is 10.3 Å². The van der Waals surface area contributed by atoms with Gasteiger partial charge in [0.15, 0.2) is 0 Å². The number of sulfone groups is 1. The van der Waals surface area contributed by atoms with Gasteiger partial charge in [-0.25, -0.2) is 13.4 Å². The third kappa shape index (κ3) is 4.99. The Morgan fingerprint density at radius 1 is 1.47 bits per heavy atom. The van der Waals surface area contributed by atoms with Crippen LogP contribution < -0.4 is 10.9 Å². The van der Waals surface area contributed by atoms with Crippen molar-refractivity contribution in [2.45, 2.75) is 19.8 Å². The van der Waals surface area contributed by atoms with E-state index in [0.717, 1.165) is 0 Å². The summed E-state index contributed by atoms with van der Waals surface area (Å²) in [5, 5.41) is 2.83. The van der Waals surface area contributed by atoms with Crippen LogP contribution in [0.2, 0.25) is 0 Å². The van der Waals surface area contributed by atoms with Gasteiger partial charge in [-0.15, -0.1) is 0 Å². The highest BCUT2D eigenvalue weighted by atomic mass is 32.2. The third-order valence-electron chi connectivity index (χ3n) is 2.09. The molecule has 0 aromatic carbocycles. The minimum atomic E-state index is -3.01. The van der Waals surface area contributed by atoms with E-state index in [1.54, 1.807) is 0 Å². The molecule has 0 amide bonds. The largest absolute Gasteiger partial charge is 0.369 e. The lowest BCUT2D eigenvalue weighted by molar-refractivity contribution is 0.602. The predicted molar refractivity (Wildman–Crippen MR) is 67.1 cm³/mol. The highest BCUT2D eigenvalue weighted by molar-refractivity contribution is 7.90. The third-order valence-corrected chi connectivity index (χ3v) is 3.03. The van der Waals surface area contributed by atoms with Crippen LogP contribution in [0.1, 0.15) is 25.6 Å². The topological polar surface area (TPSA) is 91.9 Å². The molecule has 0 saturated heterocycles. The lowest BCUT2D eigenvalue weighted by Gasteiger charge is -2.08. The Morgan fingerprint density at radius 2 is 2.12 bits per heavy atom. The van der Waals surface area contributed by atoms with Crippen molar-refractivity contribution in [3.8, 4) is 0 Å². The van der Waals surface area contributed by atoms with E-state index in [9.17, 15) is 13.2 Å². The second-order valence-electron chi connectivity index (χ2n) is 4.23. The zero-order valence-electron chi connectivity index (χ0n) is 10.1. The Morgan fingerprint density at radius 3 is 2.65 bits per heavy atom. The van der Waals surface area contributed by atoms with Gasteiger partial charge in [0.2, 0.25) is 0 Å². The molecule has 1 heterocycles. The fourth-order valence-corrected chi connectivity index (χ4v) is 1.68. The Bertz CT molecular complexity index is 534. The van der Waals surface area contributed by atoms with Crippen LogP contribution in [0.15, 0.2) is 10.9 Å². The van der Waals surface area contributed by atoms with E-state index in [0.29, 0.717) is 11.6 Å². The number of rotatable bonds is 5. The summed E-state index contributed by atoms with van der Waals surface area (Å²) in [7, 11) is -3.01. The van der Waals surface area contributed by atoms with E-state index in [1.165, 1.54) is 12.3 Å². The molecule has 0 unspecified atom stereocenters. The van der Waals surface area contributed by atoms with Gasteiger partial charge in [0, 0.05) is 24.8 Å². The average molecular weight is 259 g/mol. The first-order valence-electron chi connectivity index (χ1n) is 5.31. The minimum absolute atomic E-state index is 0.0124. The maximum Gasteiger partial charge on any atom is 0.252 e. The number of hydrogen-bond donors (Lipinski definition) is 2. The molecule has 1 aromatic rings. The SMILES string of the molecule is CC(C)c1nc(NCCS(C)(=O)=O)cc(=O)[nH]1. The van der Waals surface area contributed by atoms with Gasteiger partial charge in [-0.3, -0.25) is 4.79 Å². The van der Waals surface area contributed by atoms with E-state index < -0.39 is 9.84 Å². The first-order valence-corrected chi connectivity index (χ1v) is 7.37. The molecule has 2 N–H and O–H groups in total. The Kier molecular flexibility index (Phi) is 4.28. The summed E-state index contributed by atoms with van der Waals surface area (Å²) in [6, 6.07) is 1.31. The van der Waals surface area contributed by atoms with Gasteiger partial charge in [0.25, 0.3) is 5.56 Å². The van der Waals surface area contributed by atoms with Crippen LogP contribution in [0.25, 0.3) is 0 Å². The van der Waals surface area contributed by atoms with Gasteiger partial charge in [-0.05, 0) is 0 Å². The number of aromatic nitrogens is 2. The summed E-state index contributed by atoms with van der Waals surface area (Å²) in [6.07, 6.45) is 1.17. The first kappa shape index (κ1) is 13.7. The Labute approximate surface area is 100 Å². The van der Waals surface area contributed by atoms with Crippen molar-refractivity contribution < 1.29 is 8.42 Å². The molecule has 17 heavy (non-hydrogen) atoms. The zero-order chi connectivity index (χ0) is 13.1. The second-order valence-corrected chi connectivity index (χ2v) is 6.49. The molecular weight excluding hydrogens is 242 g/mol. The van der Waals surface area contributed by atoms with Gasteiger partial charge in [0.05, 0.1) is 5.75 Å². The molecule has 0 bridgehead atoms. The number of H-pyrrole nitrogens is 1. The maximum atomic E-state index is 11.3. The van der Waals surface area contributed by atoms with Crippen molar-refractivity contribution in [2.24, 2.45) is 0 Å². The molecule has 1 rings (SSSR count). The molecule has 1 aromatic heterocycles. The predicted octanol–water partition coefficient (Wildman–Crippen LogP) is 0.350. The summed E-state index contributed by atoms with van der Waals surface area (Å²) in [5.41, 5.74) is -0.245. The molecule has 96 valence electrons. The molecule has 0 saturated carbocycles. The average Bonchev–Trinajstić information content (AvgIpc) is 2.14. The van der Waals surface area contributed by atoms with Crippen LogP contribution in [0.3, 0.4) is 0 Å². The standard InChI is InChI=1S/C10H17N3O3S/c1-7(2)10-12-8(6-9(14)13-10)11-4-5-17(3,15)16/h6-7H,4-5H2,1-3H3,(H2,11,12,13,14). The minimum Gasteiger partial charge on any atom is -0.369 e. The molecule has 0 fully saturated rings. The van der Waals surface area contributed by atoms with Gasteiger partial charge in [0.1, 0.15) is 21.5 Å². The molecule has 7 heteroatoms. The van der Waals surface area contributed by atoms with Crippen molar-refractivity contribution in [3.63, 3.8) is 0 Å². The fourth-order valence-electron chi connectivity index (χ4n) is 1.20. The molecule has 0 aliphatic carbocycles. The maximum absolute atomic E-state index is 11.3. The van der Waals surface area contributed by atoms with Crippen molar-refractivity contribution in [1.29, 1.82) is 0 Å². The summed E-state index contributed by atoms with van der Waals surface area (Å²) in [5.74, 6) is 1.11.